The van der Waals surface area contributed by atoms with Crippen LogP contribution in [0.3, 0.4) is 0 Å². The summed E-state index contributed by atoms with van der Waals surface area (Å²) in [5.74, 6) is -0.242. The maximum Gasteiger partial charge on any atom is 0.284 e. The number of primary amides is 1. The quantitative estimate of drug-likeness (QED) is 0.793. The normalized spacial score (nSPS) is 10.2. The molecule has 76 valence electrons. The van der Waals surface area contributed by atoms with Gasteiger partial charge in [0.1, 0.15) is 0 Å². The molecule has 1 amide bonds. The van der Waals surface area contributed by atoms with Gasteiger partial charge in [0.05, 0.1) is 5.69 Å². The molecule has 0 aliphatic carbocycles. The molecule has 0 atom stereocenters. The lowest BCUT2D eigenvalue weighted by Gasteiger charge is -1.92. The van der Waals surface area contributed by atoms with Gasteiger partial charge in [-0.25, -0.2) is 4.98 Å². The summed E-state index contributed by atoms with van der Waals surface area (Å²) in [6, 6.07) is 9.66. The Balaban J connectivity index is 2.48. The Morgan fingerprint density at radius 1 is 1.33 bits per heavy atom. The molecule has 0 aliphatic heterocycles. The van der Waals surface area contributed by atoms with Gasteiger partial charge in [-0.2, -0.15) is 0 Å². The fourth-order valence-corrected chi connectivity index (χ4v) is 1.44. The van der Waals surface area contributed by atoms with Crippen molar-refractivity contribution in [3.63, 3.8) is 0 Å². The van der Waals surface area contributed by atoms with Crippen LogP contribution in [-0.2, 0) is 7.05 Å². The van der Waals surface area contributed by atoms with Crippen molar-refractivity contribution < 1.29 is 4.79 Å². The summed E-state index contributed by atoms with van der Waals surface area (Å²) in [6.45, 7) is 0. The second-order valence-corrected chi connectivity index (χ2v) is 3.29. The van der Waals surface area contributed by atoms with Gasteiger partial charge in [-0.15, -0.1) is 0 Å². The average molecular weight is 201 g/mol. The zero-order valence-electron chi connectivity index (χ0n) is 8.34. The number of rotatable bonds is 2. The number of carbonyl (C=O) groups excluding carboxylic acids is 1. The highest BCUT2D eigenvalue weighted by molar-refractivity contribution is 5.90. The number of carbonyl (C=O) groups is 1. The molecule has 0 spiro atoms. The lowest BCUT2D eigenvalue weighted by Crippen LogP contribution is -2.16. The number of amides is 1. The SMILES string of the molecule is Cn1cc(-c2ccccc2)nc1C(N)=O. The second-order valence-electron chi connectivity index (χ2n) is 3.29. The summed E-state index contributed by atoms with van der Waals surface area (Å²) in [4.78, 5) is 15.2. The van der Waals surface area contributed by atoms with Crippen LogP contribution in [0.25, 0.3) is 11.3 Å². The van der Waals surface area contributed by atoms with E-state index in [9.17, 15) is 4.79 Å². The zero-order valence-corrected chi connectivity index (χ0v) is 8.34. The minimum atomic E-state index is -0.514. The maximum atomic E-state index is 11.0. The molecule has 0 bridgehead atoms. The first kappa shape index (κ1) is 9.45. The monoisotopic (exact) mass is 201 g/mol. The molecule has 0 radical (unpaired) electrons. The maximum absolute atomic E-state index is 11.0. The fourth-order valence-electron chi connectivity index (χ4n) is 1.44. The van der Waals surface area contributed by atoms with Crippen LogP contribution in [0.15, 0.2) is 36.5 Å². The first-order valence-corrected chi connectivity index (χ1v) is 4.57. The van der Waals surface area contributed by atoms with Crippen LogP contribution >= 0.6 is 0 Å². The molecule has 2 aromatic rings. The summed E-state index contributed by atoms with van der Waals surface area (Å²) < 4.78 is 1.63. The fraction of sp³-hybridized carbons (Fsp3) is 0.0909. The van der Waals surface area contributed by atoms with E-state index in [-0.39, 0.29) is 5.82 Å². The van der Waals surface area contributed by atoms with E-state index in [1.54, 1.807) is 17.8 Å². The van der Waals surface area contributed by atoms with E-state index in [0.29, 0.717) is 0 Å². The van der Waals surface area contributed by atoms with Crippen LogP contribution in [0.1, 0.15) is 10.6 Å². The Labute approximate surface area is 87.4 Å². The standard InChI is InChI=1S/C11H11N3O/c1-14-7-9(13-11(14)10(12)15)8-5-3-2-4-6-8/h2-7H,1H3,(H2,12,15). The van der Waals surface area contributed by atoms with Gasteiger partial charge in [0.15, 0.2) is 5.82 Å². The third-order valence-electron chi connectivity index (χ3n) is 2.17. The number of nitrogens with zero attached hydrogens (tertiary/aromatic N) is 2. The molecular formula is C11H11N3O. The van der Waals surface area contributed by atoms with Gasteiger partial charge in [-0.3, -0.25) is 4.79 Å². The van der Waals surface area contributed by atoms with Crippen LogP contribution in [0.4, 0.5) is 0 Å². The van der Waals surface area contributed by atoms with Gasteiger partial charge in [0.25, 0.3) is 5.91 Å². The van der Waals surface area contributed by atoms with Crippen molar-refractivity contribution in [1.82, 2.24) is 9.55 Å². The van der Waals surface area contributed by atoms with Crippen molar-refractivity contribution in [3.05, 3.63) is 42.4 Å². The van der Waals surface area contributed by atoms with Gasteiger partial charge in [0, 0.05) is 18.8 Å². The Hall–Kier alpha value is -2.10. The van der Waals surface area contributed by atoms with E-state index in [4.69, 9.17) is 5.73 Å². The first-order valence-electron chi connectivity index (χ1n) is 4.57. The molecule has 0 unspecified atom stereocenters. The molecule has 2 rings (SSSR count). The number of hydrogen-bond acceptors (Lipinski definition) is 2. The molecule has 0 fully saturated rings. The van der Waals surface area contributed by atoms with E-state index >= 15 is 0 Å². The molecule has 4 nitrogen and oxygen atoms in total. The van der Waals surface area contributed by atoms with Crippen LogP contribution in [0, 0.1) is 0 Å². The lowest BCUT2D eigenvalue weighted by atomic mass is 10.2. The predicted octanol–water partition coefficient (Wildman–Crippen LogP) is 1.19. The molecule has 1 aromatic heterocycles. The first-order chi connectivity index (χ1) is 7.18. The zero-order chi connectivity index (χ0) is 10.8. The minimum absolute atomic E-state index is 0.272. The van der Waals surface area contributed by atoms with Gasteiger partial charge in [0.2, 0.25) is 0 Å². The van der Waals surface area contributed by atoms with Gasteiger partial charge in [-0.05, 0) is 0 Å². The molecule has 1 aromatic carbocycles. The topological polar surface area (TPSA) is 60.9 Å². The molecule has 0 saturated heterocycles. The van der Waals surface area contributed by atoms with Crippen molar-refractivity contribution in [2.24, 2.45) is 12.8 Å². The number of hydrogen-bond donors (Lipinski definition) is 1. The highest BCUT2D eigenvalue weighted by atomic mass is 16.1. The second kappa shape index (κ2) is 3.57. The number of aryl methyl sites for hydroxylation is 1. The summed E-state index contributed by atoms with van der Waals surface area (Å²) in [7, 11) is 1.75. The molecule has 2 N–H and O–H groups in total. The number of nitrogens with two attached hydrogens (primary N) is 1. The summed E-state index contributed by atoms with van der Waals surface area (Å²) in [5.41, 5.74) is 6.91. The minimum Gasteiger partial charge on any atom is -0.363 e. The van der Waals surface area contributed by atoms with Gasteiger partial charge >= 0.3 is 0 Å². The van der Waals surface area contributed by atoms with E-state index < -0.39 is 5.91 Å². The van der Waals surface area contributed by atoms with Crippen LogP contribution in [0.5, 0.6) is 0 Å². The molecule has 1 heterocycles. The summed E-state index contributed by atoms with van der Waals surface area (Å²) in [6.07, 6.45) is 1.79. The Bertz CT molecular complexity index is 488. The molecule has 15 heavy (non-hydrogen) atoms. The largest absolute Gasteiger partial charge is 0.363 e. The molecule has 0 aliphatic rings. The highest BCUT2D eigenvalue weighted by Crippen LogP contribution is 2.17. The third kappa shape index (κ3) is 1.74. The Kier molecular flexibility index (Phi) is 2.25. The smallest absolute Gasteiger partial charge is 0.284 e. The lowest BCUT2D eigenvalue weighted by molar-refractivity contribution is 0.0987. The predicted molar refractivity (Wildman–Crippen MR) is 57.2 cm³/mol. The summed E-state index contributed by atoms with van der Waals surface area (Å²) >= 11 is 0. The van der Waals surface area contributed by atoms with E-state index in [0.717, 1.165) is 11.3 Å². The van der Waals surface area contributed by atoms with Crippen molar-refractivity contribution >= 4 is 5.91 Å². The average Bonchev–Trinajstić information content (AvgIpc) is 2.62. The van der Waals surface area contributed by atoms with Crippen molar-refractivity contribution in [3.8, 4) is 11.3 Å². The van der Waals surface area contributed by atoms with E-state index in [2.05, 4.69) is 4.98 Å². The van der Waals surface area contributed by atoms with Crippen LogP contribution < -0.4 is 5.73 Å². The van der Waals surface area contributed by atoms with Crippen molar-refractivity contribution in [2.75, 3.05) is 0 Å². The van der Waals surface area contributed by atoms with Crippen LogP contribution in [0.2, 0.25) is 0 Å². The van der Waals surface area contributed by atoms with Crippen molar-refractivity contribution in [1.29, 1.82) is 0 Å². The third-order valence-corrected chi connectivity index (χ3v) is 2.17. The van der Waals surface area contributed by atoms with E-state index in [1.807, 2.05) is 30.3 Å². The molecule has 4 heteroatoms. The number of benzene rings is 1. The summed E-state index contributed by atoms with van der Waals surface area (Å²) in [5, 5.41) is 0. The highest BCUT2D eigenvalue weighted by Gasteiger charge is 2.10. The molecule has 0 saturated carbocycles. The Morgan fingerprint density at radius 2 is 2.00 bits per heavy atom. The number of imidazole rings is 1. The van der Waals surface area contributed by atoms with Gasteiger partial charge in [-0.1, -0.05) is 30.3 Å². The van der Waals surface area contributed by atoms with Crippen molar-refractivity contribution in [2.45, 2.75) is 0 Å². The van der Waals surface area contributed by atoms with Gasteiger partial charge < -0.3 is 10.3 Å². The molecular weight excluding hydrogens is 190 g/mol. The number of aromatic nitrogens is 2. The Morgan fingerprint density at radius 3 is 2.53 bits per heavy atom. The van der Waals surface area contributed by atoms with Crippen LogP contribution in [-0.4, -0.2) is 15.5 Å². The van der Waals surface area contributed by atoms with E-state index in [1.165, 1.54) is 0 Å².